The molecule has 0 spiro atoms. The van der Waals surface area contributed by atoms with Crippen LogP contribution in [0.25, 0.3) is 5.70 Å². The SMILES string of the molecule is CCOc1cc([C@H]2N=c3ccccc3=C3C(=O)NC(SCC)=NN32)ccc1OCc1ccccc1. The quantitative estimate of drug-likeness (QED) is 0.553. The number of hydrogen-bond donors (Lipinski definition) is 1. The summed E-state index contributed by atoms with van der Waals surface area (Å²) in [6.45, 7) is 4.89. The highest BCUT2D eigenvalue weighted by molar-refractivity contribution is 8.13. The molecule has 3 aromatic carbocycles. The Hall–Kier alpha value is -3.78. The van der Waals surface area contributed by atoms with E-state index in [2.05, 4.69) is 5.32 Å². The van der Waals surface area contributed by atoms with Gasteiger partial charge in [0, 0.05) is 10.8 Å². The number of nitrogens with zero attached hydrogens (tertiary/aromatic N) is 3. The molecule has 178 valence electrons. The first kappa shape index (κ1) is 23.0. The van der Waals surface area contributed by atoms with Crippen LogP contribution >= 0.6 is 11.8 Å². The van der Waals surface area contributed by atoms with Gasteiger partial charge in [-0.3, -0.25) is 15.1 Å². The maximum Gasteiger partial charge on any atom is 0.276 e. The Morgan fingerprint density at radius 3 is 2.57 bits per heavy atom. The molecule has 1 N–H and O–H groups in total. The van der Waals surface area contributed by atoms with Gasteiger partial charge < -0.3 is 9.47 Å². The lowest BCUT2D eigenvalue weighted by atomic mass is 10.1. The summed E-state index contributed by atoms with van der Waals surface area (Å²) in [5.74, 6) is 1.89. The summed E-state index contributed by atoms with van der Waals surface area (Å²) in [6, 6.07) is 23.4. The first-order valence-electron chi connectivity index (χ1n) is 11.6. The van der Waals surface area contributed by atoms with Gasteiger partial charge in [0.15, 0.2) is 22.8 Å². The molecule has 1 amide bonds. The number of ether oxygens (including phenoxy) is 2. The Labute approximate surface area is 208 Å². The number of hydrogen-bond acceptors (Lipinski definition) is 7. The lowest BCUT2D eigenvalue weighted by molar-refractivity contribution is -0.116. The number of carbonyl (C=O) groups is 1. The molecule has 0 saturated heterocycles. The Balaban J connectivity index is 1.55. The standard InChI is InChI=1S/C27H26N4O3S/c1-3-33-23-16-19(14-15-22(23)34-17-18-10-6-5-7-11-18)25-28-21-13-9-8-12-20(21)24-26(32)29-27(35-4-2)30-31(24)25/h5-16,25H,3-4,17H2,1-2H3,(H,29,30,32)/t25-/m0/s1. The van der Waals surface area contributed by atoms with Crippen LogP contribution in [0.5, 0.6) is 11.5 Å². The highest BCUT2D eigenvalue weighted by Crippen LogP contribution is 2.36. The van der Waals surface area contributed by atoms with Crippen LogP contribution < -0.4 is 25.4 Å². The molecule has 0 aliphatic carbocycles. The van der Waals surface area contributed by atoms with Crippen molar-refractivity contribution in [1.29, 1.82) is 0 Å². The Morgan fingerprint density at radius 2 is 1.77 bits per heavy atom. The van der Waals surface area contributed by atoms with Crippen molar-refractivity contribution < 1.29 is 14.3 Å². The van der Waals surface area contributed by atoms with Gasteiger partial charge in [0.05, 0.1) is 12.0 Å². The molecule has 3 aromatic rings. The van der Waals surface area contributed by atoms with E-state index in [0.717, 1.165) is 27.5 Å². The van der Waals surface area contributed by atoms with Crippen LogP contribution in [0.15, 0.2) is 82.9 Å². The fraction of sp³-hybridized carbons (Fsp3) is 0.222. The average Bonchev–Trinajstić information content (AvgIpc) is 2.88. The number of fused-ring (bicyclic) bond motifs is 2. The largest absolute Gasteiger partial charge is 0.490 e. The van der Waals surface area contributed by atoms with Gasteiger partial charge in [-0.1, -0.05) is 73.3 Å². The molecule has 8 heteroatoms. The Morgan fingerprint density at radius 1 is 0.971 bits per heavy atom. The molecule has 35 heavy (non-hydrogen) atoms. The fourth-order valence-corrected chi connectivity index (χ4v) is 4.64. The van der Waals surface area contributed by atoms with Gasteiger partial charge in [0.25, 0.3) is 5.91 Å². The van der Waals surface area contributed by atoms with Crippen LogP contribution in [-0.2, 0) is 11.4 Å². The van der Waals surface area contributed by atoms with Gasteiger partial charge in [-0.2, -0.15) is 0 Å². The molecule has 1 atom stereocenters. The fourth-order valence-electron chi connectivity index (χ4n) is 4.05. The highest BCUT2D eigenvalue weighted by Gasteiger charge is 2.34. The zero-order chi connectivity index (χ0) is 24.2. The minimum Gasteiger partial charge on any atom is -0.490 e. The predicted octanol–water partition coefficient (Wildman–Crippen LogP) is 3.56. The second-order valence-corrected chi connectivity index (χ2v) is 9.17. The first-order chi connectivity index (χ1) is 17.2. The van der Waals surface area contributed by atoms with Crippen molar-refractivity contribution in [2.24, 2.45) is 10.1 Å². The summed E-state index contributed by atoms with van der Waals surface area (Å²) < 4.78 is 12.0. The summed E-state index contributed by atoms with van der Waals surface area (Å²) >= 11 is 1.49. The van der Waals surface area contributed by atoms with Crippen molar-refractivity contribution in [2.75, 3.05) is 12.4 Å². The third-order valence-corrected chi connectivity index (χ3v) is 6.35. The van der Waals surface area contributed by atoms with Crippen LogP contribution in [0.4, 0.5) is 0 Å². The second kappa shape index (κ2) is 10.2. The normalized spacial score (nSPS) is 16.5. The summed E-state index contributed by atoms with van der Waals surface area (Å²) in [5, 5.41) is 11.5. The van der Waals surface area contributed by atoms with E-state index in [1.54, 1.807) is 5.01 Å². The minimum absolute atomic E-state index is 0.184. The third kappa shape index (κ3) is 4.74. The number of thioether (sulfide) groups is 1. The van der Waals surface area contributed by atoms with Gasteiger partial charge >= 0.3 is 0 Å². The van der Waals surface area contributed by atoms with Crippen molar-refractivity contribution in [2.45, 2.75) is 26.6 Å². The predicted molar refractivity (Wildman–Crippen MR) is 137 cm³/mol. The summed E-state index contributed by atoms with van der Waals surface area (Å²) in [7, 11) is 0. The van der Waals surface area contributed by atoms with Crippen LogP contribution in [0.2, 0.25) is 0 Å². The molecule has 0 saturated carbocycles. The van der Waals surface area contributed by atoms with Crippen molar-refractivity contribution >= 4 is 28.5 Å². The number of hydrazone groups is 1. The number of nitrogens with one attached hydrogen (secondary N) is 1. The first-order valence-corrected chi connectivity index (χ1v) is 12.6. The number of rotatable bonds is 7. The zero-order valence-corrected chi connectivity index (χ0v) is 20.4. The molecule has 0 bridgehead atoms. The number of amidine groups is 1. The maximum absolute atomic E-state index is 13.1. The maximum atomic E-state index is 13.1. The number of benzene rings is 3. The van der Waals surface area contributed by atoms with Crippen molar-refractivity contribution in [3.05, 3.63) is 94.5 Å². The molecule has 0 unspecified atom stereocenters. The van der Waals surface area contributed by atoms with Gasteiger partial charge in [-0.15, -0.1) is 5.10 Å². The molecule has 0 radical (unpaired) electrons. The minimum atomic E-state index is -0.513. The molecule has 2 aliphatic heterocycles. The van der Waals surface area contributed by atoms with Crippen molar-refractivity contribution in [1.82, 2.24) is 10.3 Å². The van der Waals surface area contributed by atoms with Gasteiger partial charge in [-0.05, 0) is 36.4 Å². The van der Waals surface area contributed by atoms with E-state index in [1.807, 2.05) is 86.6 Å². The van der Waals surface area contributed by atoms with Crippen LogP contribution in [0.3, 0.4) is 0 Å². The monoisotopic (exact) mass is 486 g/mol. The average molecular weight is 487 g/mol. The van der Waals surface area contributed by atoms with E-state index >= 15 is 0 Å². The summed E-state index contributed by atoms with van der Waals surface area (Å²) in [6.07, 6.45) is -0.513. The molecule has 0 aromatic heterocycles. The number of amides is 1. The van der Waals surface area contributed by atoms with Gasteiger partial charge in [0.2, 0.25) is 0 Å². The highest BCUT2D eigenvalue weighted by atomic mass is 32.2. The van der Waals surface area contributed by atoms with E-state index in [9.17, 15) is 4.79 Å². The van der Waals surface area contributed by atoms with Crippen LogP contribution in [0, 0.1) is 0 Å². The van der Waals surface area contributed by atoms with E-state index in [0.29, 0.717) is 35.6 Å². The Kier molecular flexibility index (Phi) is 6.72. The molecule has 2 heterocycles. The Bertz CT molecular complexity index is 1390. The molecular formula is C27H26N4O3S. The van der Waals surface area contributed by atoms with E-state index in [4.69, 9.17) is 19.6 Å². The lowest BCUT2D eigenvalue weighted by Gasteiger charge is -2.34. The number of para-hydroxylation sites is 1. The van der Waals surface area contributed by atoms with Gasteiger partial charge in [0.1, 0.15) is 12.3 Å². The molecule has 0 fully saturated rings. The number of carbonyl (C=O) groups excluding carboxylic acids is 1. The van der Waals surface area contributed by atoms with Crippen molar-refractivity contribution in [3.63, 3.8) is 0 Å². The lowest BCUT2D eigenvalue weighted by Crippen LogP contribution is -2.50. The molecule has 2 aliphatic rings. The van der Waals surface area contributed by atoms with E-state index in [-0.39, 0.29) is 5.91 Å². The third-order valence-electron chi connectivity index (χ3n) is 5.60. The molecule has 7 nitrogen and oxygen atoms in total. The van der Waals surface area contributed by atoms with Crippen LogP contribution in [0.1, 0.15) is 31.1 Å². The van der Waals surface area contributed by atoms with Crippen molar-refractivity contribution in [3.8, 4) is 11.5 Å². The van der Waals surface area contributed by atoms with Gasteiger partial charge in [-0.25, -0.2) is 5.01 Å². The topological polar surface area (TPSA) is 75.5 Å². The smallest absolute Gasteiger partial charge is 0.276 e. The second-order valence-electron chi connectivity index (χ2n) is 7.92. The summed E-state index contributed by atoms with van der Waals surface area (Å²) in [4.78, 5) is 18.1. The van der Waals surface area contributed by atoms with E-state index in [1.165, 1.54) is 11.8 Å². The van der Waals surface area contributed by atoms with Crippen LogP contribution in [-0.4, -0.2) is 28.4 Å². The van der Waals surface area contributed by atoms with E-state index < -0.39 is 6.17 Å². The molecular weight excluding hydrogens is 460 g/mol. The zero-order valence-electron chi connectivity index (χ0n) is 19.6. The summed E-state index contributed by atoms with van der Waals surface area (Å²) in [5.41, 5.74) is 2.42. The molecule has 5 rings (SSSR count).